The molecule has 2 atom stereocenters. The minimum atomic E-state index is 0.147. The molecule has 1 saturated heterocycles. The van der Waals surface area contributed by atoms with Gasteiger partial charge in [-0.1, -0.05) is 30.3 Å². The first-order chi connectivity index (χ1) is 10.2. The number of anilines is 1. The number of nitrogens with two attached hydrogens (primary N) is 1. The number of aromatic nitrogens is 2. The van der Waals surface area contributed by atoms with E-state index in [1.54, 1.807) is 0 Å². The fraction of sp³-hybridized carbons (Fsp3) is 0.412. The van der Waals surface area contributed by atoms with Gasteiger partial charge in [0.2, 0.25) is 5.95 Å². The summed E-state index contributed by atoms with van der Waals surface area (Å²) >= 11 is 0. The van der Waals surface area contributed by atoms with E-state index in [0.29, 0.717) is 5.92 Å². The van der Waals surface area contributed by atoms with E-state index < -0.39 is 0 Å². The van der Waals surface area contributed by atoms with E-state index in [0.717, 1.165) is 37.4 Å². The van der Waals surface area contributed by atoms with E-state index in [9.17, 15) is 0 Å². The first kappa shape index (κ1) is 14.0. The molecule has 0 bridgehead atoms. The third-order valence-electron chi connectivity index (χ3n) is 3.99. The van der Waals surface area contributed by atoms with Gasteiger partial charge in [-0.15, -0.1) is 0 Å². The van der Waals surface area contributed by atoms with Crippen molar-refractivity contribution in [1.29, 1.82) is 0 Å². The average Bonchev–Trinajstić information content (AvgIpc) is 2.98. The lowest BCUT2D eigenvalue weighted by Gasteiger charge is -2.16. The predicted octanol–water partition coefficient (Wildman–Crippen LogP) is 2.36. The molecule has 0 amide bonds. The van der Waals surface area contributed by atoms with Crippen LogP contribution in [0.2, 0.25) is 0 Å². The van der Waals surface area contributed by atoms with Gasteiger partial charge in [-0.25, -0.2) is 9.97 Å². The molecule has 2 aromatic rings. The molecule has 4 heteroatoms. The van der Waals surface area contributed by atoms with E-state index in [-0.39, 0.29) is 6.04 Å². The van der Waals surface area contributed by atoms with Crippen molar-refractivity contribution in [2.45, 2.75) is 31.7 Å². The lowest BCUT2D eigenvalue weighted by molar-refractivity contribution is 0.730. The van der Waals surface area contributed by atoms with Crippen molar-refractivity contribution in [2.24, 2.45) is 5.73 Å². The SMILES string of the molecule is CC(N)Cc1cnc(N2CCC(c3ccccc3)C2)nc1. The Morgan fingerprint density at radius 3 is 2.62 bits per heavy atom. The highest BCUT2D eigenvalue weighted by Gasteiger charge is 2.25. The lowest BCUT2D eigenvalue weighted by atomic mass is 9.99. The highest BCUT2D eigenvalue weighted by atomic mass is 15.3. The monoisotopic (exact) mass is 282 g/mol. The van der Waals surface area contributed by atoms with Gasteiger partial charge < -0.3 is 10.6 Å². The Kier molecular flexibility index (Phi) is 4.15. The van der Waals surface area contributed by atoms with Crippen molar-refractivity contribution in [3.63, 3.8) is 0 Å². The second-order valence-electron chi connectivity index (χ2n) is 5.92. The van der Waals surface area contributed by atoms with Crippen molar-refractivity contribution in [1.82, 2.24) is 9.97 Å². The summed E-state index contributed by atoms with van der Waals surface area (Å²) in [5.41, 5.74) is 8.32. The second kappa shape index (κ2) is 6.22. The first-order valence-electron chi connectivity index (χ1n) is 7.59. The van der Waals surface area contributed by atoms with Gasteiger partial charge in [0.25, 0.3) is 0 Å². The molecule has 0 aliphatic carbocycles. The smallest absolute Gasteiger partial charge is 0.225 e. The Labute approximate surface area is 126 Å². The molecule has 110 valence electrons. The van der Waals surface area contributed by atoms with Gasteiger partial charge in [0.05, 0.1) is 0 Å². The van der Waals surface area contributed by atoms with Gasteiger partial charge in [-0.2, -0.15) is 0 Å². The average molecular weight is 282 g/mol. The molecule has 0 radical (unpaired) electrons. The van der Waals surface area contributed by atoms with E-state index >= 15 is 0 Å². The molecule has 1 aliphatic rings. The Bertz CT molecular complexity index is 565. The topological polar surface area (TPSA) is 55.0 Å². The standard InChI is InChI=1S/C17H22N4/c1-13(18)9-14-10-19-17(20-11-14)21-8-7-16(12-21)15-5-3-2-4-6-15/h2-6,10-11,13,16H,7-9,12,18H2,1H3. The van der Waals surface area contributed by atoms with Crippen LogP contribution in [0.4, 0.5) is 5.95 Å². The molecule has 1 aromatic heterocycles. The molecule has 3 rings (SSSR count). The van der Waals surface area contributed by atoms with Gasteiger partial charge in [-0.3, -0.25) is 0 Å². The summed E-state index contributed by atoms with van der Waals surface area (Å²) < 4.78 is 0. The number of rotatable bonds is 4. The van der Waals surface area contributed by atoms with E-state index in [2.05, 4.69) is 45.2 Å². The molecule has 0 spiro atoms. The third kappa shape index (κ3) is 3.39. The lowest BCUT2D eigenvalue weighted by Crippen LogP contribution is -2.22. The summed E-state index contributed by atoms with van der Waals surface area (Å²) in [6, 6.07) is 10.8. The number of hydrogen-bond donors (Lipinski definition) is 1. The van der Waals surface area contributed by atoms with Crippen LogP contribution < -0.4 is 10.6 Å². The largest absolute Gasteiger partial charge is 0.340 e. The highest BCUT2D eigenvalue weighted by Crippen LogP contribution is 2.28. The van der Waals surface area contributed by atoms with Crippen molar-refractivity contribution in [2.75, 3.05) is 18.0 Å². The van der Waals surface area contributed by atoms with Gasteiger partial charge >= 0.3 is 0 Å². The van der Waals surface area contributed by atoms with E-state index in [1.807, 2.05) is 19.3 Å². The molecule has 21 heavy (non-hydrogen) atoms. The molecule has 2 N–H and O–H groups in total. The van der Waals surface area contributed by atoms with E-state index in [4.69, 9.17) is 5.73 Å². The Balaban J connectivity index is 1.66. The van der Waals surface area contributed by atoms with Crippen molar-refractivity contribution in [3.8, 4) is 0 Å². The molecule has 1 aliphatic heterocycles. The summed E-state index contributed by atoms with van der Waals surface area (Å²) in [4.78, 5) is 11.3. The maximum absolute atomic E-state index is 5.80. The molecule has 0 saturated carbocycles. The quantitative estimate of drug-likeness (QED) is 0.935. The molecule has 1 fully saturated rings. The summed E-state index contributed by atoms with van der Waals surface area (Å²) in [5.74, 6) is 1.42. The van der Waals surface area contributed by atoms with Crippen molar-refractivity contribution >= 4 is 5.95 Å². The van der Waals surface area contributed by atoms with Crippen molar-refractivity contribution < 1.29 is 0 Å². The van der Waals surface area contributed by atoms with Crippen LogP contribution >= 0.6 is 0 Å². The Morgan fingerprint density at radius 1 is 1.24 bits per heavy atom. The molecular formula is C17H22N4. The number of nitrogens with zero attached hydrogens (tertiary/aromatic N) is 3. The number of benzene rings is 1. The van der Waals surface area contributed by atoms with Crippen LogP contribution in [-0.2, 0) is 6.42 Å². The van der Waals surface area contributed by atoms with Crippen LogP contribution in [0.3, 0.4) is 0 Å². The normalized spacial score (nSPS) is 19.7. The molecule has 2 unspecified atom stereocenters. The van der Waals surface area contributed by atoms with Crippen LogP contribution in [0.5, 0.6) is 0 Å². The van der Waals surface area contributed by atoms with Crippen LogP contribution in [0.1, 0.15) is 30.4 Å². The second-order valence-corrected chi connectivity index (χ2v) is 5.92. The molecular weight excluding hydrogens is 260 g/mol. The van der Waals surface area contributed by atoms with Crippen LogP contribution in [-0.4, -0.2) is 29.1 Å². The maximum Gasteiger partial charge on any atom is 0.225 e. The van der Waals surface area contributed by atoms with Crippen molar-refractivity contribution in [3.05, 3.63) is 53.9 Å². The summed E-state index contributed by atoms with van der Waals surface area (Å²) in [7, 11) is 0. The minimum absolute atomic E-state index is 0.147. The Hall–Kier alpha value is -1.94. The van der Waals surface area contributed by atoms with Crippen LogP contribution in [0.25, 0.3) is 0 Å². The summed E-state index contributed by atoms with van der Waals surface area (Å²) in [6.45, 7) is 4.02. The minimum Gasteiger partial charge on any atom is -0.340 e. The third-order valence-corrected chi connectivity index (χ3v) is 3.99. The molecule has 2 heterocycles. The molecule has 4 nitrogen and oxygen atoms in total. The summed E-state index contributed by atoms with van der Waals surface area (Å²) in [5, 5.41) is 0. The zero-order valence-electron chi connectivity index (χ0n) is 12.4. The Morgan fingerprint density at radius 2 is 1.95 bits per heavy atom. The fourth-order valence-electron chi connectivity index (χ4n) is 2.93. The zero-order chi connectivity index (χ0) is 14.7. The van der Waals surface area contributed by atoms with Gasteiger partial charge in [0.1, 0.15) is 0 Å². The first-order valence-corrected chi connectivity index (χ1v) is 7.59. The van der Waals surface area contributed by atoms with Crippen LogP contribution in [0.15, 0.2) is 42.7 Å². The molecule has 1 aromatic carbocycles. The van der Waals surface area contributed by atoms with Gasteiger partial charge in [0.15, 0.2) is 0 Å². The van der Waals surface area contributed by atoms with Gasteiger partial charge in [-0.05, 0) is 30.9 Å². The summed E-state index contributed by atoms with van der Waals surface area (Å²) in [6.07, 6.45) is 5.80. The van der Waals surface area contributed by atoms with E-state index in [1.165, 1.54) is 5.56 Å². The maximum atomic E-state index is 5.80. The fourth-order valence-corrected chi connectivity index (χ4v) is 2.93. The predicted molar refractivity (Wildman–Crippen MR) is 85.4 cm³/mol. The number of hydrogen-bond acceptors (Lipinski definition) is 4. The van der Waals surface area contributed by atoms with Gasteiger partial charge in [0, 0.05) is 37.4 Å². The zero-order valence-corrected chi connectivity index (χ0v) is 12.4. The van der Waals surface area contributed by atoms with Crippen LogP contribution in [0, 0.1) is 0 Å². The highest BCUT2D eigenvalue weighted by molar-refractivity contribution is 5.35.